The van der Waals surface area contributed by atoms with Gasteiger partial charge in [-0.25, -0.2) is 18.9 Å². The standard InChI is InChI=1S/C35H38N6O11S2/c1-34(2,3)51-33(46)39-32-37-23(19-53-32)25(29(43)38-26-24(18-22-14-17-36-28(22)42)41(30(26)44)54(47,48)49)40-52-35(15-16-35)31(45)50-27(20-10-6-4-7-11-20)21-12-8-5-9-13-21/h4-13,19,22,24,26-27H,14-18H2,1-3H3,(H,36,42)(H,38,43)(H,37,39,46)(H,47,48,49)/b40-25-/t22?,24-,26+/m1/s1. The molecule has 0 spiro atoms. The first-order valence-corrected chi connectivity index (χ1v) is 19.2. The molecule has 0 bridgehead atoms. The molecule has 3 aromatic rings. The molecule has 2 saturated heterocycles. The van der Waals surface area contributed by atoms with Gasteiger partial charge in [-0.3, -0.25) is 24.3 Å². The van der Waals surface area contributed by atoms with Crippen LogP contribution in [0.3, 0.4) is 0 Å². The molecular weight excluding hydrogens is 745 g/mol. The monoisotopic (exact) mass is 782 g/mol. The molecular formula is C35H38N6O11S2. The molecule has 1 aromatic heterocycles. The number of hydrogen-bond donors (Lipinski definition) is 4. The minimum atomic E-state index is -5.04. The molecule has 4 N–H and O–H groups in total. The number of thiazole rings is 1. The lowest BCUT2D eigenvalue weighted by molar-refractivity contribution is -0.164. The Morgan fingerprint density at radius 2 is 1.70 bits per heavy atom. The van der Waals surface area contributed by atoms with E-state index >= 15 is 0 Å². The van der Waals surface area contributed by atoms with Crippen LogP contribution in [0.5, 0.6) is 0 Å². The van der Waals surface area contributed by atoms with Crippen LogP contribution in [0.2, 0.25) is 0 Å². The molecule has 286 valence electrons. The average molecular weight is 783 g/mol. The highest BCUT2D eigenvalue weighted by atomic mass is 32.2. The number of oxime groups is 1. The predicted octanol–water partition coefficient (Wildman–Crippen LogP) is 3.10. The number of nitrogens with zero attached hydrogens (tertiary/aromatic N) is 3. The van der Waals surface area contributed by atoms with E-state index in [4.69, 9.17) is 14.3 Å². The smallest absolute Gasteiger partial charge is 0.413 e. The van der Waals surface area contributed by atoms with Crippen LogP contribution in [0, 0.1) is 5.92 Å². The van der Waals surface area contributed by atoms with E-state index in [1.54, 1.807) is 20.8 Å². The quantitative estimate of drug-likeness (QED) is 0.0644. The molecule has 19 heteroatoms. The lowest BCUT2D eigenvalue weighted by Gasteiger charge is -2.44. The number of carbonyl (C=O) groups is 5. The number of nitrogens with one attached hydrogen (secondary N) is 3. The molecule has 4 amide bonds. The Balaban J connectivity index is 1.26. The highest BCUT2D eigenvalue weighted by molar-refractivity contribution is 7.84. The SMILES string of the molecule is CC(C)(C)OC(=O)Nc1nc(/C(=N/OC2(C(=O)OC(c3ccccc3)c3ccccc3)CC2)C(=O)N[C@@H]2C(=O)N(S(=O)(=O)O)[C@@H]2CC2CCNC2=O)cs1. The highest BCUT2D eigenvalue weighted by Crippen LogP contribution is 2.43. The fraction of sp³-hybridized carbons (Fsp3) is 0.400. The first-order valence-electron chi connectivity index (χ1n) is 17.0. The largest absolute Gasteiger partial charge is 0.450 e. The highest BCUT2D eigenvalue weighted by Gasteiger charge is 2.57. The number of ether oxygens (including phenoxy) is 2. The van der Waals surface area contributed by atoms with Crippen molar-refractivity contribution >= 4 is 62.3 Å². The van der Waals surface area contributed by atoms with Crippen LogP contribution in [-0.4, -0.2) is 87.6 Å². The van der Waals surface area contributed by atoms with E-state index in [-0.39, 0.29) is 40.3 Å². The number of hydrogen-bond acceptors (Lipinski definition) is 13. The second-order valence-corrected chi connectivity index (χ2v) is 16.1. The summed E-state index contributed by atoms with van der Waals surface area (Å²) < 4.78 is 45.5. The molecule has 3 heterocycles. The Bertz CT molecular complexity index is 2020. The number of esters is 1. The van der Waals surface area contributed by atoms with Gasteiger partial charge in [0, 0.05) is 30.7 Å². The van der Waals surface area contributed by atoms with Gasteiger partial charge < -0.3 is 24.9 Å². The Labute approximate surface area is 314 Å². The predicted molar refractivity (Wildman–Crippen MR) is 192 cm³/mol. The van der Waals surface area contributed by atoms with Crippen molar-refractivity contribution in [3.8, 4) is 0 Å². The van der Waals surface area contributed by atoms with Crippen LogP contribution < -0.4 is 16.0 Å². The Kier molecular flexibility index (Phi) is 10.8. The van der Waals surface area contributed by atoms with Gasteiger partial charge in [-0.05, 0) is 44.7 Å². The maximum Gasteiger partial charge on any atom is 0.413 e. The van der Waals surface area contributed by atoms with Crippen molar-refractivity contribution in [2.75, 3.05) is 11.9 Å². The molecule has 1 unspecified atom stereocenters. The van der Waals surface area contributed by atoms with Gasteiger partial charge >= 0.3 is 22.4 Å². The molecule has 17 nitrogen and oxygen atoms in total. The lowest BCUT2D eigenvalue weighted by atomic mass is 9.88. The first kappa shape index (κ1) is 38.3. The van der Waals surface area contributed by atoms with E-state index in [2.05, 4.69) is 26.1 Å². The topological polar surface area (TPSA) is 232 Å². The normalized spacial score (nSPS) is 20.8. The number of anilines is 1. The third-order valence-electron chi connectivity index (χ3n) is 8.78. The van der Waals surface area contributed by atoms with E-state index in [0.717, 1.165) is 11.3 Å². The van der Waals surface area contributed by atoms with Crippen LogP contribution in [0.4, 0.5) is 9.93 Å². The van der Waals surface area contributed by atoms with Crippen LogP contribution in [0.15, 0.2) is 71.2 Å². The average Bonchev–Trinajstić information content (AvgIpc) is 3.59. The second-order valence-electron chi connectivity index (χ2n) is 13.9. The molecule has 2 aromatic carbocycles. The minimum Gasteiger partial charge on any atom is -0.450 e. The number of aromatic nitrogens is 1. The van der Waals surface area contributed by atoms with Gasteiger partial charge in [0.25, 0.3) is 11.8 Å². The molecule has 3 fully saturated rings. The lowest BCUT2D eigenvalue weighted by Crippen LogP contribution is -2.72. The summed E-state index contributed by atoms with van der Waals surface area (Å²) in [5, 5.41) is 12.9. The van der Waals surface area contributed by atoms with E-state index in [0.29, 0.717) is 24.1 Å². The van der Waals surface area contributed by atoms with Crippen LogP contribution in [0.25, 0.3) is 0 Å². The molecule has 2 aliphatic heterocycles. The maximum atomic E-state index is 13.9. The summed E-state index contributed by atoms with van der Waals surface area (Å²) in [4.78, 5) is 75.4. The Hall–Kier alpha value is -5.40. The zero-order valence-corrected chi connectivity index (χ0v) is 31.0. The summed E-state index contributed by atoms with van der Waals surface area (Å²) in [6.45, 7) is 5.35. The Morgan fingerprint density at radius 1 is 1.07 bits per heavy atom. The number of carbonyl (C=O) groups excluding carboxylic acids is 5. The molecule has 1 aliphatic carbocycles. The van der Waals surface area contributed by atoms with Crippen molar-refractivity contribution < 1.29 is 51.3 Å². The van der Waals surface area contributed by atoms with Crippen molar-refractivity contribution in [3.63, 3.8) is 0 Å². The molecule has 1 saturated carbocycles. The van der Waals surface area contributed by atoms with Crippen molar-refractivity contribution in [1.29, 1.82) is 0 Å². The van der Waals surface area contributed by atoms with Gasteiger partial charge in [-0.2, -0.15) is 8.42 Å². The van der Waals surface area contributed by atoms with Crippen molar-refractivity contribution in [3.05, 3.63) is 82.9 Å². The van der Waals surface area contributed by atoms with E-state index < -0.39 is 75.2 Å². The number of rotatable bonds is 13. The number of amides is 4. The van der Waals surface area contributed by atoms with Gasteiger partial charge in [-0.1, -0.05) is 65.8 Å². The van der Waals surface area contributed by atoms with Crippen molar-refractivity contribution in [1.82, 2.24) is 19.9 Å². The van der Waals surface area contributed by atoms with Crippen LogP contribution >= 0.6 is 11.3 Å². The summed E-state index contributed by atoms with van der Waals surface area (Å²) >= 11 is 0.911. The molecule has 3 atom stereocenters. The third-order valence-corrected chi connectivity index (χ3v) is 10.5. The summed E-state index contributed by atoms with van der Waals surface area (Å²) in [5.74, 6) is -3.99. The Morgan fingerprint density at radius 3 is 2.24 bits per heavy atom. The summed E-state index contributed by atoms with van der Waals surface area (Å²) in [7, 11) is -5.04. The zero-order chi connectivity index (χ0) is 38.8. The van der Waals surface area contributed by atoms with E-state index in [1.165, 1.54) is 5.38 Å². The number of benzene rings is 2. The van der Waals surface area contributed by atoms with Gasteiger partial charge in [0.15, 0.2) is 16.9 Å². The summed E-state index contributed by atoms with van der Waals surface area (Å²) in [6, 6.07) is 15.4. The molecule has 3 aliphatic rings. The first-order chi connectivity index (χ1) is 25.5. The van der Waals surface area contributed by atoms with Crippen LogP contribution in [-0.2, 0) is 43.8 Å². The van der Waals surface area contributed by atoms with E-state index in [1.807, 2.05) is 60.7 Å². The fourth-order valence-corrected chi connectivity index (χ4v) is 7.55. The third kappa shape index (κ3) is 8.69. The van der Waals surface area contributed by atoms with Crippen LogP contribution in [0.1, 0.15) is 69.4 Å². The second kappa shape index (κ2) is 15.2. The van der Waals surface area contributed by atoms with Gasteiger partial charge in [0.05, 0.1) is 6.04 Å². The zero-order valence-electron chi connectivity index (χ0n) is 29.4. The molecule has 0 radical (unpaired) electrons. The molecule has 54 heavy (non-hydrogen) atoms. The van der Waals surface area contributed by atoms with Gasteiger partial charge in [0.2, 0.25) is 11.5 Å². The fourth-order valence-electron chi connectivity index (χ4n) is 5.98. The van der Waals surface area contributed by atoms with Gasteiger partial charge in [-0.15, -0.1) is 11.3 Å². The molecule has 6 rings (SSSR count). The number of β-lactam (4-membered cyclic amide) rings is 1. The van der Waals surface area contributed by atoms with Gasteiger partial charge in [0.1, 0.15) is 17.3 Å². The maximum absolute atomic E-state index is 13.9. The van der Waals surface area contributed by atoms with Crippen molar-refractivity contribution in [2.45, 2.75) is 75.8 Å². The van der Waals surface area contributed by atoms with E-state index in [9.17, 15) is 36.9 Å². The minimum absolute atomic E-state index is 0.0104. The summed E-state index contributed by atoms with van der Waals surface area (Å²) in [5.41, 5.74) is -1.65. The summed E-state index contributed by atoms with van der Waals surface area (Å²) in [6.07, 6.45) is -1.05. The van der Waals surface area contributed by atoms with Crippen molar-refractivity contribution in [2.24, 2.45) is 11.1 Å².